The van der Waals surface area contributed by atoms with E-state index in [1.54, 1.807) is 0 Å². The van der Waals surface area contributed by atoms with Crippen LogP contribution in [0.3, 0.4) is 0 Å². The van der Waals surface area contributed by atoms with Crippen LogP contribution in [0.5, 0.6) is 0 Å². The molecule has 62 valence electrons. The predicted octanol–water partition coefficient (Wildman–Crippen LogP) is -1.20. The highest BCUT2D eigenvalue weighted by atomic mass is 32.2. The fraction of sp³-hybridized carbons (Fsp3) is 0.500. The van der Waals surface area contributed by atoms with Crippen molar-refractivity contribution in [2.24, 2.45) is 7.05 Å². The smallest absolute Gasteiger partial charge is 0.250 e. The van der Waals surface area contributed by atoms with E-state index >= 15 is 0 Å². The molecule has 0 saturated carbocycles. The Kier molecular flexibility index (Phi) is 1.59. The summed E-state index contributed by atoms with van der Waals surface area (Å²) in [5.74, 6) is 0.0884. The van der Waals surface area contributed by atoms with Gasteiger partial charge in [0.15, 0.2) is 0 Å². The SMILES string of the molecule is Cn1c(N)nnc1S(C)(=O)=O. The largest absolute Gasteiger partial charge is 0.368 e. The standard InChI is InChI=1S/C4H8N4O2S/c1-8-3(5)6-7-4(8)11(2,9)10/h1-2H3,(H2,5,6). The van der Waals surface area contributed by atoms with Crippen molar-refractivity contribution in [3.05, 3.63) is 0 Å². The summed E-state index contributed by atoms with van der Waals surface area (Å²) in [5, 5.41) is 6.67. The van der Waals surface area contributed by atoms with E-state index in [0.717, 1.165) is 6.26 Å². The van der Waals surface area contributed by atoms with Crippen molar-refractivity contribution >= 4 is 15.8 Å². The molecular formula is C4H8N4O2S. The molecule has 1 aromatic rings. The highest BCUT2D eigenvalue weighted by Gasteiger charge is 2.15. The molecule has 0 radical (unpaired) electrons. The van der Waals surface area contributed by atoms with Crippen LogP contribution in [0.15, 0.2) is 5.16 Å². The quantitative estimate of drug-likeness (QED) is 0.580. The third-order valence-corrected chi connectivity index (χ3v) is 2.22. The van der Waals surface area contributed by atoms with Crippen LogP contribution in [0.2, 0.25) is 0 Å². The molecular weight excluding hydrogens is 168 g/mol. The molecule has 1 heterocycles. The van der Waals surface area contributed by atoms with Crippen LogP contribution in [0.4, 0.5) is 5.95 Å². The molecule has 0 bridgehead atoms. The van der Waals surface area contributed by atoms with Crippen molar-refractivity contribution < 1.29 is 8.42 Å². The molecule has 0 aliphatic rings. The van der Waals surface area contributed by atoms with Gasteiger partial charge in [0.2, 0.25) is 15.8 Å². The van der Waals surface area contributed by atoms with Crippen LogP contribution in [0, 0.1) is 0 Å². The minimum absolute atomic E-state index is 0.0884. The van der Waals surface area contributed by atoms with Crippen molar-refractivity contribution in [1.82, 2.24) is 14.8 Å². The number of anilines is 1. The lowest BCUT2D eigenvalue weighted by Gasteiger charge is -1.96. The topological polar surface area (TPSA) is 90.9 Å². The molecule has 0 fully saturated rings. The Balaban J connectivity index is 3.38. The minimum Gasteiger partial charge on any atom is -0.368 e. The third-order valence-electron chi connectivity index (χ3n) is 1.20. The van der Waals surface area contributed by atoms with Crippen molar-refractivity contribution in [2.45, 2.75) is 5.16 Å². The monoisotopic (exact) mass is 176 g/mol. The molecule has 1 rings (SSSR count). The summed E-state index contributed by atoms with van der Waals surface area (Å²) < 4.78 is 23.0. The Morgan fingerprint density at radius 3 is 2.18 bits per heavy atom. The van der Waals surface area contributed by atoms with E-state index in [0.29, 0.717) is 0 Å². The summed E-state index contributed by atoms with van der Waals surface area (Å²) >= 11 is 0. The molecule has 7 heteroatoms. The second-order valence-electron chi connectivity index (χ2n) is 2.17. The first-order valence-electron chi connectivity index (χ1n) is 2.78. The number of hydrogen-bond donors (Lipinski definition) is 1. The predicted molar refractivity (Wildman–Crippen MR) is 38.5 cm³/mol. The molecule has 0 aliphatic heterocycles. The van der Waals surface area contributed by atoms with E-state index < -0.39 is 9.84 Å². The summed E-state index contributed by atoms with van der Waals surface area (Å²) in [5.41, 5.74) is 5.26. The fourth-order valence-electron chi connectivity index (χ4n) is 0.649. The average molecular weight is 176 g/mol. The number of aromatic nitrogens is 3. The van der Waals surface area contributed by atoms with Crippen LogP contribution >= 0.6 is 0 Å². The van der Waals surface area contributed by atoms with Crippen LogP contribution in [-0.2, 0) is 16.9 Å². The van der Waals surface area contributed by atoms with Gasteiger partial charge in [-0.1, -0.05) is 0 Å². The zero-order valence-electron chi connectivity index (χ0n) is 6.14. The zero-order valence-corrected chi connectivity index (χ0v) is 6.96. The first-order valence-corrected chi connectivity index (χ1v) is 4.67. The maximum Gasteiger partial charge on any atom is 0.250 e. The van der Waals surface area contributed by atoms with E-state index in [2.05, 4.69) is 10.2 Å². The Bertz CT molecular complexity index is 365. The number of sulfone groups is 1. The highest BCUT2D eigenvalue weighted by Crippen LogP contribution is 2.05. The maximum absolute atomic E-state index is 10.9. The molecule has 11 heavy (non-hydrogen) atoms. The van der Waals surface area contributed by atoms with Gasteiger partial charge >= 0.3 is 0 Å². The fourth-order valence-corrected chi connectivity index (χ4v) is 1.43. The second-order valence-corrected chi connectivity index (χ2v) is 4.08. The molecule has 0 aliphatic carbocycles. The summed E-state index contributed by atoms with van der Waals surface area (Å²) in [6, 6.07) is 0. The van der Waals surface area contributed by atoms with E-state index in [9.17, 15) is 8.42 Å². The number of nitrogens with two attached hydrogens (primary N) is 1. The first-order chi connectivity index (χ1) is 4.93. The number of nitrogen functional groups attached to an aromatic ring is 1. The van der Waals surface area contributed by atoms with E-state index in [1.165, 1.54) is 11.6 Å². The number of rotatable bonds is 1. The van der Waals surface area contributed by atoms with E-state index in [-0.39, 0.29) is 11.1 Å². The van der Waals surface area contributed by atoms with Crippen LogP contribution < -0.4 is 5.73 Å². The highest BCUT2D eigenvalue weighted by molar-refractivity contribution is 7.90. The van der Waals surface area contributed by atoms with Gasteiger partial charge in [-0.05, 0) is 0 Å². The minimum atomic E-state index is -3.30. The second kappa shape index (κ2) is 2.19. The summed E-state index contributed by atoms with van der Waals surface area (Å²) in [4.78, 5) is 0. The Morgan fingerprint density at radius 1 is 1.45 bits per heavy atom. The molecule has 0 atom stereocenters. The Morgan fingerprint density at radius 2 is 2.00 bits per heavy atom. The Labute approximate surface area is 64.0 Å². The van der Waals surface area contributed by atoms with Gasteiger partial charge in [-0.3, -0.25) is 4.57 Å². The number of hydrogen-bond acceptors (Lipinski definition) is 5. The van der Waals surface area contributed by atoms with Crippen molar-refractivity contribution in [1.29, 1.82) is 0 Å². The summed E-state index contributed by atoms with van der Waals surface area (Å²) in [6.45, 7) is 0. The first kappa shape index (κ1) is 7.99. The molecule has 0 unspecified atom stereocenters. The molecule has 0 amide bonds. The Hall–Kier alpha value is -1.11. The lowest BCUT2D eigenvalue weighted by molar-refractivity contribution is 0.585. The lowest BCUT2D eigenvalue weighted by Crippen LogP contribution is -2.07. The van der Waals surface area contributed by atoms with E-state index in [4.69, 9.17) is 5.73 Å². The molecule has 0 saturated heterocycles. The number of nitrogens with zero attached hydrogens (tertiary/aromatic N) is 3. The van der Waals surface area contributed by atoms with Crippen LogP contribution in [0.25, 0.3) is 0 Å². The lowest BCUT2D eigenvalue weighted by atomic mass is 11.0. The van der Waals surface area contributed by atoms with Gasteiger partial charge in [-0.15, -0.1) is 10.2 Å². The van der Waals surface area contributed by atoms with Crippen LogP contribution in [0.1, 0.15) is 0 Å². The average Bonchev–Trinajstić information content (AvgIpc) is 2.11. The molecule has 0 aromatic carbocycles. The maximum atomic E-state index is 10.9. The van der Waals surface area contributed by atoms with Gasteiger partial charge in [-0.25, -0.2) is 8.42 Å². The third kappa shape index (κ3) is 1.32. The molecule has 2 N–H and O–H groups in total. The van der Waals surface area contributed by atoms with Gasteiger partial charge in [0.05, 0.1) is 0 Å². The van der Waals surface area contributed by atoms with Gasteiger partial charge in [0.25, 0.3) is 5.16 Å². The summed E-state index contributed by atoms with van der Waals surface area (Å²) in [7, 11) is -1.81. The summed E-state index contributed by atoms with van der Waals surface area (Å²) in [6.07, 6.45) is 1.05. The molecule has 1 aromatic heterocycles. The van der Waals surface area contributed by atoms with Gasteiger partial charge < -0.3 is 5.73 Å². The molecule has 0 spiro atoms. The zero-order chi connectivity index (χ0) is 8.65. The normalized spacial score (nSPS) is 11.8. The van der Waals surface area contributed by atoms with Crippen molar-refractivity contribution in [3.63, 3.8) is 0 Å². The van der Waals surface area contributed by atoms with Gasteiger partial charge in [0.1, 0.15) is 0 Å². The van der Waals surface area contributed by atoms with Gasteiger partial charge in [-0.2, -0.15) is 0 Å². The van der Waals surface area contributed by atoms with Crippen molar-refractivity contribution in [2.75, 3.05) is 12.0 Å². The molecule has 6 nitrogen and oxygen atoms in total. The van der Waals surface area contributed by atoms with E-state index in [1.807, 2.05) is 0 Å². The van der Waals surface area contributed by atoms with Crippen LogP contribution in [-0.4, -0.2) is 29.4 Å². The van der Waals surface area contributed by atoms with Gasteiger partial charge in [0, 0.05) is 13.3 Å². The van der Waals surface area contributed by atoms with Crippen molar-refractivity contribution in [3.8, 4) is 0 Å².